The van der Waals surface area contributed by atoms with Gasteiger partial charge in [0.15, 0.2) is 0 Å². The molecule has 0 radical (unpaired) electrons. The van der Waals surface area contributed by atoms with E-state index in [4.69, 9.17) is 0 Å². The molecule has 11 heteroatoms. The monoisotopic (exact) mass is 615 g/mol. The van der Waals surface area contributed by atoms with Crippen LogP contribution in [0.3, 0.4) is 0 Å². The van der Waals surface area contributed by atoms with Gasteiger partial charge in [0.05, 0.1) is 34.0 Å². The molecular weight excluding hydrogens is 584 g/mol. The molecule has 1 fully saturated rings. The van der Waals surface area contributed by atoms with Gasteiger partial charge in [-0.3, -0.25) is 9.78 Å². The predicted octanol–water partition coefficient (Wildman–Crippen LogP) is 5.53. The Kier molecular flexibility index (Phi) is 8.00. The van der Waals surface area contributed by atoms with E-state index in [9.17, 15) is 22.0 Å². The number of nitrogens with one attached hydrogen (secondary N) is 2. The Morgan fingerprint density at radius 2 is 1.73 bits per heavy atom. The molecule has 0 bridgehead atoms. The lowest BCUT2D eigenvalue weighted by Gasteiger charge is -2.22. The quantitative estimate of drug-likeness (QED) is 0.215. The third kappa shape index (κ3) is 6.53. The van der Waals surface area contributed by atoms with Crippen LogP contribution in [0.5, 0.6) is 0 Å². The third-order valence-corrected chi connectivity index (χ3v) is 9.29. The van der Waals surface area contributed by atoms with Crippen molar-refractivity contribution in [3.63, 3.8) is 0 Å². The summed E-state index contributed by atoms with van der Waals surface area (Å²) < 4.78 is 58.7. The van der Waals surface area contributed by atoms with Crippen molar-refractivity contribution in [1.82, 2.24) is 24.6 Å². The van der Waals surface area contributed by atoms with Crippen LogP contribution in [0.1, 0.15) is 41.3 Å². The van der Waals surface area contributed by atoms with Crippen LogP contribution in [-0.4, -0.2) is 34.9 Å². The maximum absolute atomic E-state index is 14.2. The number of amides is 1. The van der Waals surface area contributed by atoms with E-state index in [2.05, 4.69) is 20.0 Å². The van der Waals surface area contributed by atoms with Gasteiger partial charge in [-0.2, -0.15) is 0 Å². The van der Waals surface area contributed by atoms with E-state index in [1.54, 1.807) is 47.4 Å². The van der Waals surface area contributed by atoms with Crippen molar-refractivity contribution in [2.75, 3.05) is 0 Å². The van der Waals surface area contributed by atoms with Crippen LogP contribution >= 0.6 is 0 Å². The zero-order valence-electron chi connectivity index (χ0n) is 24.2. The first-order chi connectivity index (χ1) is 21.1. The molecule has 1 amide bonds. The van der Waals surface area contributed by atoms with Crippen molar-refractivity contribution >= 4 is 27.0 Å². The molecule has 1 aliphatic carbocycles. The van der Waals surface area contributed by atoms with Crippen molar-refractivity contribution in [2.24, 2.45) is 0 Å². The Balaban J connectivity index is 1.35. The van der Waals surface area contributed by atoms with E-state index in [0.29, 0.717) is 22.4 Å². The number of benzene rings is 3. The standard InChI is InChI=1S/C33H31F2N5O3S/c1-20-11-29-31(12-21(20)2)40(19-37-29)18-32(41)38-30(15-22-13-24(34)17-25(35)14-22)33-28(7-4-10-36-33)23-5-3-6-27(16-23)44(42,43)39-26-8-9-26/h3-7,10-14,16-17,19,26,30,39H,8-9,15,18H2,1-2H3,(H,38,41). The lowest BCUT2D eigenvalue weighted by molar-refractivity contribution is -0.122. The van der Waals surface area contributed by atoms with E-state index in [1.165, 1.54) is 18.2 Å². The summed E-state index contributed by atoms with van der Waals surface area (Å²) in [5.74, 6) is -1.82. The largest absolute Gasteiger partial charge is 0.346 e. The molecule has 0 spiro atoms. The number of imidazole rings is 1. The highest BCUT2D eigenvalue weighted by Crippen LogP contribution is 2.31. The van der Waals surface area contributed by atoms with Gasteiger partial charge in [-0.15, -0.1) is 0 Å². The number of nitrogens with zero attached hydrogens (tertiary/aromatic N) is 3. The van der Waals surface area contributed by atoms with Crippen LogP contribution < -0.4 is 10.0 Å². The molecule has 1 aliphatic rings. The average Bonchev–Trinajstić information content (AvgIpc) is 3.71. The zero-order valence-corrected chi connectivity index (χ0v) is 25.0. The summed E-state index contributed by atoms with van der Waals surface area (Å²) in [5.41, 5.74) is 5.65. The van der Waals surface area contributed by atoms with Crippen molar-refractivity contribution in [3.05, 3.63) is 113 Å². The van der Waals surface area contributed by atoms with Gasteiger partial charge in [0.1, 0.15) is 18.2 Å². The molecule has 1 saturated carbocycles. The maximum Gasteiger partial charge on any atom is 0.240 e. The van der Waals surface area contributed by atoms with Gasteiger partial charge in [0.2, 0.25) is 15.9 Å². The fourth-order valence-electron chi connectivity index (χ4n) is 5.27. The highest BCUT2D eigenvalue weighted by Gasteiger charge is 2.28. The molecule has 44 heavy (non-hydrogen) atoms. The molecule has 2 heterocycles. The Hall–Kier alpha value is -4.48. The number of rotatable bonds is 10. The lowest BCUT2D eigenvalue weighted by atomic mass is 9.95. The van der Waals surface area contributed by atoms with Crippen molar-refractivity contribution in [2.45, 2.75) is 56.6 Å². The van der Waals surface area contributed by atoms with Crippen molar-refractivity contribution in [1.29, 1.82) is 0 Å². The molecule has 8 nitrogen and oxygen atoms in total. The number of hydrogen-bond acceptors (Lipinski definition) is 5. The number of halogens is 2. The Morgan fingerprint density at radius 3 is 2.48 bits per heavy atom. The number of sulfonamides is 1. The van der Waals surface area contributed by atoms with Crippen molar-refractivity contribution < 1.29 is 22.0 Å². The second-order valence-corrected chi connectivity index (χ2v) is 13.0. The number of carbonyl (C=O) groups excluding carboxylic acids is 1. The molecule has 1 unspecified atom stereocenters. The van der Waals surface area contributed by atoms with Crippen LogP contribution in [0.2, 0.25) is 0 Å². The molecule has 0 aliphatic heterocycles. The number of carbonyl (C=O) groups is 1. The Bertz CT molecular complexity index is 1970. The smallest absolute Gasteiger partial charge is 0.240 e. The second kappa shape index (κ2) is 11.9. The number of aryl methyl sites for hydroxylation is 2. The molecule has 5 aromatic rings. The van der Waals surface area contributed by atoms with E-state index < -0.39 is 27.7 Å². The molecule has 0 saturated heterocycles. The molecular formula is C33H31F2N5O3S. The van der Waals surface area contributed by atoms with Crippen LogP contribution in [0.25, 0.3) is 22.2 Å². The van der Waals surface area contributed by atoms with Crippen molar-refractivity contribution in [3.8, 4) is 11.1 Å². The fraction of sp³-hybridized carbons (Fsp3) is 0.242. The second-order valence-electron chi connectivity index (χ2n) is 11.3. The minimum Gasteiger partial charge on any atom is -0.346 e. The van der Waals surface area contributed by atoms with Gasteiger partial charge in [0.25, 0.3) is 0 Å². The topological polar surface area (TPSA) is 106 Å². The molecule has 2 N–H and O–H groups in total. The summed E-state index contributed by atoms with van der Waals surface area (Å²) in [7, 11) is -3.72. The van der Waals surface area contributed by atoms with Crippen LogP contribution in [0.15, 0.2) is 84.1 Å². The summed E-state index contributed by atoms with van der Waals surface area (Å²) >= 11 is 0. The summed E-state index contributed by atoms with van der Waals surface area (Å²) in [4.78, 5) is 22.7. The Labute approximate surface area is 254 Å². The maximum atomic E-state index is 14.2. The number of hydrogen-bond donors (Lipinski definition) is 2. The first-order valence-electron chi connectivity index (χ1n) is 14.3. The molecule has 3 aromatic carbocycles. The van der Waals surface area contributed by atoms with Crippen LogP contribution in [0.4, 0.5) is 8.78 Å². The highest BCUT2D eigenvalue weighted by molar-refractivity contribution is 7.89. The third-order valence-electron chi connectivity index (χ3n) is 7.77. The minimum atomic E-state index is -3.72. The van der Waals surface area contributed by atoms with Gasteiger partial charge in [-0.05, 0) is 97.8 Å². The minimum absolute atomic E-state index is 0.0363. The summed E-state index contributed by atoms with van der Waals surface area (Å²) in [6.45, 7) is 3.94. The highest BCUT2D eigenvalue weighted by atomic mass is 32.2. The summed E-state index contributed by atoms with van der Waals surface area (Å²) in [6.07, 6.45) is 4.82. The van der Waals surface area contributed by atoms with Gasteiger partial charge in [-0.25, -0.2) is 26.9 Å². The van der Waals surface area contributed by atoms with Crippen LogP contribution in [-0.2, 0) is 27.8 Å². The fourth-order valence-corrected chi connectivity index (χ4v) is 6.62. The molecule has 1 atom stereocenters. The summed E-state index contributed by atoms with van der Waals surface area (Å²) in [5, 5.41) is 3.01. The van der Waals surface area contributed by atoms with E-state index >= 15 is 0 Å². The zero-order chi connectivity index (χ0) is 31.0. The first kappa shape index (κ1) is 29.6. The number of pyridine rings is 1. The lowest BCUT2D eigenvalue weighted by Crippen LogP contribution is -2.33. The molecule has 6 rings (SSSR count). The van der Waals surface area contributed by atoms with Gasteiger partial charge in [0, 0.05) is 23.9 Å². The van der Waals surface area contributed by atoms with Gasteiger partial charge in [-0.1, -0.05) is 18.2 Å². The summed E-state index contributed by atoms with van der Waals surface area (Å²) in [6, 6.07) is 16.3. The average molecular weight is 616 g/mol. The first-order valence-corrected chi connectivity index (χ1v) is 15.8. The predicted molar refractivity (Wildman–Crippen MR) is 163 cm³/mol. The number of fused-ring (bicyclic) bond motifs is 1. The SMILES string of the molecule is Cc1cc2ncn(CC(=O)NC(Cc3cc(F)cc(F)c3)c3ncccc3-c3cccc(S(=O)(=O)NC4CC4)c3)c2cc1C. The van der Waals surface area contributed by atoms with E-state index in [1.807, 2.05) is 26.0 Å². The van der Waals surface area contributed by atoms with Gasteiger partial charge < -0.3 is 9.88 Å². The normalized spacial score (nSPS) is 14.1. The van der Waals surface area contributed by atoms with E-state index in [-0.39, 0.29) is 29.8 Å². The van der Waals surface area contributed by atoms with Gasteiger partial charge >= 0.3 is 0 Å². The van der Waals surface area contributed by atoms with Crippen LogP contribution in [0, 0.1) is 25.5 Å². The molecule has 2 aromatic heterocycles. The molecule has 226 valence electrons. The van der Waals surface area contributed by atoms with E-state index in [0.717, 1.165) is 41.1 Å². The Morgan fingerprint density at radius 1 is 0.977 bits per heavy atom. The number of aromatic nitrogens is 3.